The van der Waals surface area contributed by atoms with Crippen LogP contribution in [-0.4, -0.2) is 23.6 Å². The molecule has 0 fully saturated rings. The molecule has 2 aromatic carbocycles. The van der Waals surface area contributed by atoms with Crippen LogP contribution in [0.15, 0.2) is 58.0 Å². The molecule has 0 bridgehead atoms. The minimum Gasteiger partial charge on any atom is -0.550 e. The molecule has 4 rings (SSSR count). The average molecular weight is 537 g/mol. The number of hydrogen-bond acceptors (Lipinski definition) is 6. The summed E-state index contributed by atoms with van der Waals surface area (Å²) in [6.45, 7) is 7.52. The number of hydrogen-bond donors (Lipinski definition) is 1. The van der Waals surface area contributed by atoms with Crippen LogP contribution in [0.5, 0.6) is 0 Å². The van der Waals surface area contributed by atoms with Crippen LogP contribution in [0.25, 0.3) is 16.3 Å². The molecule has 0 amide bonds. The molecule has 0 aliphatic carbocycles. The van der Waals surface area contributed by atoms with E-state index in [2.05, 4.69) is 78.8 Å². The number of carboxylic acids is 2. The second-order valence-corrected chi connectivity index (χ2v) is 11.4. The van der Waals surface area contributed by atoms with Gasteiger partial charge in [-0.15, -0.1) is 0 Å². The second kappa shape index (κ2) is 12.0. The molecule has 2 heterocycles. The summed E-state index contributed by atoms with van der Waals surface area (Å²) in [5, 5.41) is 22.4. The minimum atomic E-state index is -1.02. The predicted octanol–water partition coefficient (Wildman–Crippen LogP) is 5.45. The number of allylic oxidation sites excluding steroid dienone is 2. The van der Waals surface area contributed by atoms with Gasteiger partial charge in [-0.1, -0.05) is 42.2 Å². The van der Waals surface area contributed by atoms with Gasteiger partial charge < -0.3 is 19.9 Å². The van der Waals surface area contributed by atoms with Gasteiger partial charge in [0.25, 0.3) is 5.01 Å². The second-order valence-electron chi connectivity index (χ2n) is 9.32. The van der Waals surface area contributed by atoms with E-state index < -0.39 is 11.9 Å². The van der Waals surface area contributed by atoms with Gasteiger partial charge in [0.05, 0.1) is 17.1 Å². The molecule has 0 atom stereocenters. The van der Waals surface area contributed by atoms with Crippen LogP contribution in [0.4, 0.5) is 5.69 Å². The third-order valence-corrected chi connectivity index (χ3v) is 8.56. The van der Waals surface area contributed by atoms with Crippen LogP contribution in [-0.2, 0) is 16.1 Å². The largest absolute Gasteiger partial charge is 0.550 e. The van der Waals surface area contributed by atoms with Crippen LogP contribution in [0.1, 0.15) is 55.2 Å². The highest BCUT2D eigenvalue weighted by atomic mass is 32.2. The van der Waals surface area contributed by atoms with Crippen LogP contribution < -0.4 is 14.6 Å². The van der Waals surface area contributed by atoms with Crippen molar-refractivity contribution in [1.82, 2.24) is 0 Å². The lowest BCUT2D eigenvalue weighted by Gasteiger charge is -2.21. The number of nitrogens with zero attached hydrogens (tertiary/aromatic N) is 2. The highest BCUT2D eigenvalue weighted by Crippen LogP contribution is 2.47. The van der Waals surface area contributed by atoms with Gasteiger partial charge in [-0.05, 0) is 74.1 Å². The molecule has 1 aliphatic rings. The van der Waals surface area contributed by atoms with E-state index in [-0.39, 0.29) is 12.8 Å². The summed E-state index contributed by atoms with van der Waals surface area (Å²) in [5.41, 5.74) is 5.75. The molecule has 6 nitrogen and oxygen atoms in total. The highest BCUT2D eigenvalue weighted by molar-refractivity contribution is 8.03. The third-order valence-electron chi connectivity index (χ3n) is 6.33. The average Bonchev–Trinajstić information content (AvgIpc) is 3.35. The van der Waals surface area contributed by atoms with E-state index in [0.717, 1.165) is 33.2 Å². The zero-order valence-corrected chi connectivity index (χ0v) is 23.1. The Hall–Kier alpha value is -3.10. The van der Waals surface area contributed by atoms with Crippen molar-refractivity contribution in [2.24, 2.45) is 0 Å². The molecule has 3 aromatic rings. The Kier molecular flexibility index (Phi) is 8.71. The van der Waals surface area contributed by atoms with Gasteiger partial charge in [0.2, 0.25) is 5.52 Å². The number of thiazole rings is 1. The van der Waals surface area contributed by atoms with Crippen molar-refractivity contribution in [3.63, 3.8) is 0 Å². The molecular formula is C29H32N2O4S2. The normalized spacial score (nSPS) is 14.5. The summed E-state index contributed by atoms with van der Waals surface area (Å²) in [6, 6.07) is 12.8. The number of aliphatic carboxylic acids is 2. The Morgan fingerprint density at radius 2 is 1.84 bits per heavy atom. The Labute approximate surface area is 225 Å². The van der Waals surface area contributed by atoms with Crippen molar-refractivity contribution < 1.29 is 24.4 Å². The molecule has 0 saturated heterocycles. The molecule has 8 heteroatoms. The molecule has 37 heavy (non-hydrogen) atoms. The van der Waals surface area contributed by atoms with E-state index in [4.69, 9.17) is 5.11 Å². The summed E-state index contributed by atoms with van der Waals surface area (Å²) in [7, 11) is 0. The van der Waals surface area contributed by atoms with Gasteiger partial charge >= 0.3 is 5.97 Å². The molecule has 0 radical (unpaired) electrons. The third kappa shape index (κ3) is 6.62. The number of aromatic nitrogens is 1. The van der Waals surface area contributed by atoms with Crippen molar-refractivity contribution in [2.45, 2.75) is 64.3 Å². The number of carbonyl (C=O) groups is 2. The maximum absolute atomic E-state index is 11.1. The molecule has 194 valence electrons. The minimum absolute atomic E-state index is 0.0314. The molecule has 1 N–H and O–H groups in total. The molecule has 0 saturated carbocycles. The smallest absolute Gasteiger partial charge is 0.303 e. The van der Waals surface area contributed by atoms with Crippen molar-refractivity contribution >= 4 is 57.0 Å². The van der Waals surface area contributed by atoms with Gasteiger partial charge in [-0.2, -0.15) is 4.57 Å². The van der Waals surface area contributed by atoms with E-state index in [1.807, 2.05) is 0 Å². The lowest BCUT2D eigenvalue weighted by Crippen LogP contribution is -2.35. The summed E-state index contributed by atoms with van der Waals surface area (Å²) < 4.78 is 3.42. The highest BCUT2D eigenvalue weighted by Gasteiger charge is 2.26. The fraction of sp³-hybridized carbons (Fsp3) is 0.345. The van der Waals surface area contributed by atoms with Crippen molar-refractivity contribution in [2.75, 3.05) is 11.4 Å². The van der Waals surface area contributed by atoms with E-state index in [9.17, 15) is 14.7 Å². The van der Waals surface area contributed by atoms with Crippen molar-refractivity contribution in [3.05, 3.63) is 69.2 Å². The summed E-state index contributed by atoms with van der Waals surface area (Å²) in [6.07, 6.45) is 6.49. The predicted molar refractivity (Wildman–Crippen MR) is 149 cm³/mol. The number of anilines is 1. The first kappa shape index (κ1) is 26.9. The summed E-state index contributed by atoms with van der Waals surface area (Å²) in [5.74, 6) is -1.80. The lowest BCUT2D eigenvalue weighted by atomic mass is 10.1. The van der Waals surface area contributed by atoms with E-state index in [1.165, 1.54) is 20.7 Å². The first-order chi connectivity index (χ1) is 17.7. The number of fused-ring (bicyclic) bond motifs is 2. The topological polar surface area (TPSA) is 84.5 Å². The number of thioether (sulfide) groups is 1. The Morgan fingerprint density at radius 1 is 1.08 bits per heavy atom. The van der Waals surface area contributed by atoms with E-state index in [0.29, 0.717) is 25.9 Å². The van der Waals surface area contributed by atoms with E-state index in [1.54, 1.807) is 23.1 Å². The quantitative estimate of drug-likeness (QED) is 0.328. The van der Waals surface area contributed by atoms with Gasteiger partial charge in [0, 0.05) is 36.0 Å². The van der Waals surface area contributed by atoms with Crippen LogP contribution in [0, 0.1) is 13.8 Å². The first-order valence-corrected chi connectivity index (χ1v) is 14.2. The van der Waals surface area contributed by atoms with Crippen LogP contribution >= 0.6 is 23.1 Å². The molecule has 1 aromatic heterocycles. The zero-order valence-electron chi connectivity index (χ0n) is 21.5. The van der Waals surface area contributed by atoms with E-state index >= 15 is 0 Å². The van der Waals surface area contributed by atoms with Crippen LogP contribution in [0.3, 0.4) is 0 Å². The number of carboxylic acid groups (broad SMARTS) is 2. The Morgan fingerprint density at radius 3 is 2.57 bits per heavy atom. The lowest BCUT2D eigenvalue weighted by molar-refractivity contribution is -0.669. The standard InChI is InChI=1S/C29H32N2O4S2/c1-4-21(17-26-30(13-5-7-28(32)33)22-15-19(2)9-11-24(22)36-26)18-27-31(14-6-8-29(34)35)23-16-20(3)10-12-25(23)37-27/h9-12,15-18H,4-8,13-14H2,1-3H3,(H-,32,33,34,35). The molecule has 1 aliphatic heterocycles. The Bertz CT molecular complexity index is 1390. The van der Waals surface area contributed by atoms with Crippen molar-refractivity contribution in [3.8, 4) is 0 Å². The van der Waals surface area contributed by atoms with Crippen molar-refractivity contribution in [1.29, 1.82) is 0 Å². The first-order valence-electron chi connectivity index (χ1n) is 12.6. The molecule has 0 spiro atoms. The van der Waals surface area contributed by atoms with Gasteiger partial charge in [0.1, 0.15) is 4.70 Å². The SMILES string of the molecule is CCC(=C/c1sc2ccc(C)cc2[n+]1CCCC(=O)O)/C=C1/Sc2ccc(C)cc2N1CCCC(=O)[O-]. The summed E-state index contributed by atoms with van der Waals surface area (Å²) in [4.78, 5) is 25.5. The van der Waals surface area contributed by atoms with Gasteiger partial charge in [-0.3, -0.25) is 4.79 Å². The van der Waals surface area contributed by atoms with Gasteiger partial charge in [0.15, 0.2) is 6.54 Å². The maximum Gasteiger partial charge on any atom is 0.303 e. The summed E-state index contributed by atoms with van der Waals surface area (Å²) >= 11 is 3.43. The monoisotopic (exact) mass is 536 g/mol. The molecular weight excluding hydrogens is 504 g/mol. The number of rotatable bonds is 11. The number of aryl methyl sites for hydroxylation is 3. The Balaban J connectivity index is 1.70. The fourth-order valence-corrected chi connectivity index (χ4v) is 6.72. The number of benzene rings is 2. The molecule has 0 unspecified atom stereocenters. The number of carbonyl (C=O) groups excluding carboxylic acids is 1. The maximum atomic E-state index is 11.1. The fourth-order valence-electron chi connectivity index (χ4n) is 4.43. The zero-order chi connectivity index (χ0) is 26.5. The van der Waals surface area contributed by atoms with Gasteiger partial charge in [-0.25, -0.2) is 0 Å². The van der Waals surface area contributed by atoms with Crippen LogP contribution in [0.2, 0.25) is 0 Å².